The molecule has 0 unspecified atom stereocenters. The Balaban J connectivity index is 1.46. The van der Waals surface area contributed by atoms with Gasteiger partial charge in [-0.2, -0.15) is 5.10 Å². The largest absolute Gasteiger partial charge is 0.389 e. The monoisotopic (exact) mass is 334 g/mol. The van der Waals surface area contributed by atoms with E-state index in [-0.39, 0.29) is 11.9 Å². The number of rotatable bonds is 4. The highest BCUT2D eigenvalue weighted by Crippen LogP contribution is 2.29. The Morgan fingerprint density at radius 1 is 1.33 bits per heavy atom. The summed E-state index contributed by atoms with van der Waals surface area (Å²) < 4.78 is 1.64. The quantitative estimate of drug-likeness (QED) is 0.878. The van der Waals surface area contributed by atoms with Gasteiger partial charge in [-0.15, -0.1) is 0 Å². The number of aromatic nitrogens is 2. The molecule has 3 rings (SSSR count). The Bertz CT molecular complexity index is 570. The predicted octanol–water partition coefficient (Wildman–Crippen LogP) is 1.62. The van der Waals surface area contributed by atoms with Crippen LogP contribution in [0.5, 0.6) is 0 Å². The normalized spacial score (nSPS) is 22.5. The second-order valence-corrected chi connectivity index (χ2v) is 7.60. The lowest BCUT2D eigenvalue weighted by Crippen LogP contribution is -2.50. The van der Waals surface area contributed by atoms with Crippen molar-refractivity contribution < 1.29 is 9.90 Å². The van der Waals surface area contributed by atoms with Crippen molar-refractivity contribution in [3.05, 3.63) is 17.5 Å². The summed E-state index contributed by atoms with van der Waals surface area (Å²) in [6.45, 7) is 4.56. The summed E-state index contributed by atoms with van der Waals surface area (Å²) in [6.07, 6.45) is 7.30. The van der Waals surface area contributed by atoms with Gasteiger partial charge in [-0.3, -0.25) is 9.48 Å². The number of nitrogens with one attached hydrogen (secondary N) is 1. The summed E-state index contributed by atoms with van der Waals surface area (Å²) in [6, 6.07) is 2.04. The van der Waals surface area contributed by atoms with Gasteiger partial charge in [-0.25, -0.2) is 0 Å². The Hall–Kier alpha value is -1.40. The van der Waals surface area contributed by atoms with Crippen molar-refractivity contribution in [2.75, 3.05) is 19.6 Å². The summed E-state index contributed by atoms with van der Waals surface area (Å²) in [5.74, 6) is -0.0394. The fourth-order valence-corrected chi connectivity index (χ4v) is 4.10. The number of hydrogen-bond donors (Lipinski definition) is 2. The molecule has 0 aromatic carbocycles. The molecule has 0 bridgehead atoms. The summed E-state index contributed by atoms with van der Waals surface area (Å²) >= 11 is 0. The second kappa shape index (κ2) is 7.23. The Morgan fingerprint density at radius 2 is 2.00 bits per heavy atom. The third-order valence-electron chi connectivity index (χ3n) is 5.46. The van der Waals surface area contributed by atoms with E-state index >= 15 is 0 Å². The predicted molar refractivity (Wildman–Crippen MR) is 92.9 cm³/mol. The molecule has 2 aliphatic rings. The van der Waals surface area contributed by atoms with Crippen LogP contribution in [0.2, 0.25) is 0 Å². The maximum atomic E-state index is 12.4. The number of likely N-dealkylation sites (tertiary alicyclic amines) is 1. The molecule has 1 aliphatic carbocycles. The fraction of sp³-hybridized carbons (Fsp3) is 0.778. The van der Waals surface area contributed by atoms with Gasteiger partial charge in [0.25, 0.3) is 5.91 Å². The molecule has 134 valence electrons. The lowest BCUT2D eigenvalue weighted by Gasteiger charge is -2.40. The van der Waals surface area contributed by atoms with Crippen LogP contribution in [-0.2, 0) is 7.05 Å². The maximum absolute atomic E-state index is 12.4. The topological polar surface area (TPSA) is 70.4 Å². The number of amides is 1. The minimum Gasteiger partial charge on any atom is -0.389 e. The first kappa shape index (κ1) is 17.4. The first-order chi connectivity index (χ1) is 11.5. The molecule has 1 aromatic heterocycles. The van der Waals surface area contributed by atoms with Crippen LogP contribution in [0.15, 0.2) is 6.07 Å². The van der Waals surface area contributed by atoms with Crippen molar-refractivity contribution in [2.45, 2.75) is 63.5 Å². The lowest BCUT2D eigenvalue weighted by atomic mass is 9.84. The van der Waals surface area contributed by atoms with Crippen LogP contribution in [0.1, 0.15) is 61.1 Å². The van der Waals surface area contributed by atoms with Gasteiger partial charge in [0.15, 0.2) is 0 Å². The molecule has 0 atom stereocenters. The van der Waals surface area contributed by atoms with Crippen LogP contribution in [0.25, 0.3) is 0 Å². The van der Waals surface area contributed by atoms with Crippen LogP contribution >= 0.6 is 0 Å². The van der Waals surface area contributed by atoms with Crippen LogP contribution in [0.4, 0.5) is 0 Å². The van der Waals surface area contributed by atoms with Gasteiger partial charge in [-0.05, 0) is 38.7 Å². The highest BCUT2D eigenvalue weighted by atomic mass is 16.3. The molecule has 2 N–H and O–H groups in total. The summed E-state index contributed by atoms with van der Waals surface area (Å²) in [5.41, 5.74) is 0.991. The van der Waals surface area contributed by atoms with Crippen LogP contribution in [0.3, 0.4) is 0 Å². The van der Waals surface area contributed by atoms with E-state index in [0.29, 0.717) is 5.69 Å². The number of carbonyl (C=O) groups excluding carboxylic acids is 1. The van der Waals surface area contributed by atoms with E-state index in [1.807, 2.05) is 13.0 Å². The number of aliphatic hydroxyl groups is 1. The van der Waals surface area contributed by atoms with Gasteiger partial charge in [0.05, 0.1) is 11.3 Å². The number of carbonyl (C=O) groups is 1. The Morgan fingerprint density at radius 3 is 2.58 bits per heavy atom. The Labute approximate surface area is 144 Å². The molecule has 2 fully saturated rings. The molecule has 2 heterocycles. The zero-order chi connectivity index (χ0) is 17.2. The van der Waals surface area contributed by atoms with Crippen LogP contribution in [-0.4, -0.2) is 57.0 Å². The zero-order valence-corrected chi connectivity index (χ0v) is 14.9. The molecule has 1 saturated heterocycles. The SMILES string of the molecule is Cc1cc(C(=O)NC2CCN(CC3(O)CCCCC3)CC2)n(C)n1. The minimum atomic E-state index is -0.486. The van der Waals surface area contributed by atoms with E-state index in [4.69, 9.17) is 0 Å². The Kier molecular flexibility index (Phi) is 5.25. The van der Waals surface area contributed by atoms with Gasteiger partial charge in [0, 0.05) is 32.7 Å². The molecule has 0 spiro atoms. The van der Waals surface area contributed by atoms with Gasteiger partial charge in [-0.1, -0.05) is 19.3 Å². The third kappa shape index (κ3) is 4.16. The van der Waals surface area contributed by atoms with E-state index in [1.165, 1.54) is 6.42 Å². The third-order valence-corrected chi connectivity index (χ3v) is 5.46. The number of piperidine rings is 1. The van der Waals surface area contributed by atoms with E-state index in [2.05, 4.69) is 15.3 Å². The van der Waals surface area contributed by atoms with Crippen LogP contribution < -0.4 is 5.32 Å². The molecule has 24 heavy (non-hydrogen) atoms. The summed E-state index contributed by atoms with van der Waals surface area (Å²) in [5, 5.41) is 18.1. The number of hydrogen-bond acceptors (Lipinski definition) is 4. The van der Waals surface area contributed by atoms with Gasteiger partial charge < -0.3 is 15.3 Å². The number of aryl methyl sites for hydroxylation is 2. The molecular formula is C18H30N4O2. The summed E-state index contributed by atoms with van der Waals surface area (Å²) in [7, 11) is 1.80. The van der Waals surface area contributed by atoms with Crippen molar-refractivity contribution in [3.8, 4) is 0 Å². The van der Waals surface area contributed by atoms with E-state index in [0.717, 1.165) is 63.9 Å². The second-order valence-electron chi connectivity index (χ2n) is 7.60. The first-order valence-electron chi connectivity index (χ1n) is 9.21. The molecule has 0 radical (unpaired) electrons. The highest BCUT2D eigenvalue weighted by molar-refractivity contribution is 5.92. The van der Waals surface area contributed by atoms with Crippen molar-refractivity contribution in [2.24, 2.45) is 7.05 Å². The number of β-amino-alcohol motifs (C(OH)–C–C–N with tert-alkyl or cyclic N) is 1. The molecule has 1 saturated carbocycles. The number of nitrogens with zero attached hydrogens (tertiary/aromatic N) is 3. The summed E-state index contributed by atoms with van der Waals surface area (Å²) in [4.78, 5) is 14.7. The van der Waals surface area contributed by atoms with Gasteiger partial charge in [0.2, 0.25) is 0 Å². The molecule has 6 nitrogen and oxygen atoms in total. The van der Waals surface area contributed by atoms with E-state index < -0.39 is 5.60 Å². The lowest BCUT2D eigenvalue weighted by molar-refractivity contribution is -0.0312. The van der Waals surface area contributed by atoms with Crippen molar-refractivity contribution in [3.63, 3.8) is 0 Å². The van der Waals surface area contributed by atoms with E-state index in [9.17, 15) is 9.90 Å². The standard InChI is InChI=1S/C18H30N4O2/c1-14-12-16(21(2)20-14)17(23)19-15-6-10-22(11-7-15)13-18(24)8-4-3-5-9-18/h12,15,24H,3-11,13H2,1-2H3,(H,19,23). The van der Waals surface area contributed by atoms with Crippen molar-refractivity contribution in [1.82, 2.24) is 20.0 Å². The smallest absolute Gasteiger partial charge is 0.269 e. The average Bonchev–Trinajstić information content (AvgIpc) is 2.88. The molecule has 1 aliphatic heterocycles. The first-order valence-corrected chi connectivity index (χ1v) is 9.21. The molecule has 1 amide bonds. The fourth-order valence-electron chi connectivity index (χ4n) is 4.10. The van der Waals surface area contributed by atoms with Crippen molar-refractivity contribution in [1.29, 1.82) is 0 Å². The van der Waals surface area contributed by atoms with Crippen LogP contribution in [0, 0.1) is 6.92 Å². The van der Waals surface area contributed by atoms with Gasteiger partial charge >= 0.3 is 0 Å². The molecule has 6 heteroatoms. The van der Waals surface area contributed by atoms with Crippen molar-refractivity contribution >= 4 is 5.91 Å². The average molecular weight is 334 g/mol. The molecular weight excluding hydrogens is 304 g/mol. The van der Waals surface area contributed by atoms with Gasteiger partial charge in [0.1, 0.15) is 5.69 Å². The molecule has 1 aromatic rings. The zero-order valence-electron chi connectivity index (χ0n) is 14.9. The minimum absolute atomic E-state index is 0.0394. The highest BCUT2D eigenvalue weighted by Gasteiger charge is 2.33. The maximum Gasteiger partial charge on any atom is 0.269 e. The van der Waals surface area contributed by atoms with E-state index in [1.54, 1.807) is 11.7 Å².